The summed E-state index contributed by atoms with van der Waals surface area (Å²) < 4.78 is 11.2. The molecule has 1 heterocycles. The summed E-state index contributed by atoms with van der Waals surface area (Å²) >= 11 is 0. The Morgan fingerprint density at radius 1 is 1.21 bits per heavy atom. The van der Waals surface area contributed by atoms with Crippen molar-refractivity contribution in [2.45, 2.75) is 37.8 Å². The van der Waals surface area contributed by atoms with E-state index in [9.17, 15) is 9.59 Å². The van der Waals surface area contributed by atoms with Crippen molar-refractivity contribution >= 4 is 12.0 Å². The summed E-state index contributed by atoms with van der Waals surface area (Å²) in [4.78, 5) is 26.0. The lowest BCUT2D eigenvalue weighted by atomic mass is 9.84. The van der Waals surface area contributed by atoms with Crippen LogP contribution in [-0.2, 0) is 15.1 Å². The first-order chi connectivity index (χ1) is 13.4. The molecule has 0 aliphatic carbocycles. The van der Waals surface area contributed by atoms with Crippen LogP contribution in [0.1, 0.15) is 43.4 Å². The molecule has 2 aromatic carbocycles. The first-order valence-electron chi connectivity index (χ1n) is 9.42. The average Bonchev–Trinajstić information content (AvgIpc) is 2.72. The maximum Gasteiger partial charge on any atom is 0.411 e. The molecule has 2 N–H and O–H groups in total. The Bertz CT molecular complexity index is 822. The predicted molar refractivity (Wildman–Crippen MR) is 106 cm³/mol. The minimum Gasteiger partial charge on any atom is -0.497 e. The van der Waals surface area contributed by atoms with Crippen LogP contribution in [0.5, 0.6) is 5.75 Å². The van der Waals surface area contributed by atoms with E-state index in [1.165, 1.54) is 0 Å². The van der Waals surface area contributed by atoms with Crippen LogP contribution in [0.3, 0.4) is 0 Å². The van der Waals surface area contributed by atoms with E-state index in [1.54, 1.807) is 12.0 Å². The highest BCUT2D eigenvalue weighted by Crippen LogP contribution is 2.40. The van der Waals surface area contributed by atoms with Crippen molar-refractivity contribution in [3.8, 4) is 5.75 Å². The van der Waals surface area contributed by atoms with Crippen LogP contribution in [0.25, 0.3) is 0 Å². The van der Waals surface area contributed by atoms with Crippen LogP contribution in [0.4, 0.5) is 4.79 Å². The maximum absolute atomic E-state index is 12.9. The molecular weight excluding hydrogens is 356 g/mol. The van der Waals surface area contributed by atoms with Crippen molar-refractivity contribution in [2.24, 2.45) is 5.73 Å². The Labute approximate surface area is 165 Å². The van der Waals surface area contributed by atoms with Crippen molar-refractivity contribution in [3.05, 3.63) is 65.7 Å². The molecular formula is C22H26N2O4. The zero-order valence-corrected chi connectivity index (χ0v) is 16.3. The Balaban J connectivity index is 1.80. The summed E-state index contributed by atoms with van der Waals surface area (Å²) in [5, 5.41) is 0. The molecule has 0 saturated carbocycles. The summed E-state index contributed by atoms with van der Waals surface area (Å²) in [6, 6.07) is 17.1. The Hall–Kier alpha value is -3.02. The number of amides is 2. The molecule has 2 atom stereocenters. The molecule has 28 heavy (non-hydrogen) atoms. The predicted octanol–water partition coefficient (Wildman–Crippen LogP) is 3.76. The summed E-state index contributed by atoms with van der Waals surface area (Å²) in [5.41, 5.74) is 6.42. The summed E-state index contributed by atoms with van der Waals surface area (Å²) in [6.45, 7) is 2.50. The zero-order chi connectivity index (χ0) is 20.1. The summed E-state index contributed by atoms with van der Waals surface area (Å²) in [6.07, 6.45) is 0.748. The van der Waals surface area contributed by atoms with Gasteiger partial charge in [-0.2, -0.15) is 0 Å². The van der Waals surface area contributed by atoms with E-state index in [1.807, 2.05) is 61.5 Å². The van der Waals surface area contributed by atoms with Crippen LogP contribution in [0.2, 0.25) is 0 Å². The third-order valence-corrected chi connectivity index (χ3v) is 5.41. The number of nitrogens with zero attached hydrogens (tertiary/aromatic N) is 1. The van der Waals surface area contributed by atoms with Gasteiger partial charge in [-0.15, -0.1) is 0 Å². The molecule has 1 saturated heterocycles. The van der Waals surface area contributed by atoms with Gasteiger partial charge in [0.1, 0.15) is 11.4 Å². The van der Waals surface area contributed by atoms with Crippen LogP contribution < -0.4 is 10.5 Å². The van der Waals surface area contributed by atoms with E-state index in [0.717, 1.165) is 16.9 Å². The van der Waals surface area contributed by atoms with Crippen LogP contribution in [0, 0.1) is 0 Å². The maximum atomic E-state index is 12.9. The number of carbonyl (C=O) groups excluding carboxylic acids is 2. The minimum absolute atomic E-state index is 0.136. The largest absolute Gasteiger partial charge is 0.497 e. The second kappa shape index (κ2) is 8.33. The first kappa shape index (κ1) is 19.7. The molecule has 148 valence electrons. The molecule has 2 aromatic rings. The van der Waals surface area contributed by atoms with Gasteiger partial charge in [0.2, 0.25) is 5.91 Å². The van der Waals surface area contributed by atoms with E-state index in [4.69, 9.17) is 15.2 Å². The molecule has 0 bridgehead atoms. The van der Waals surface area contributed by atoms with Gasteiger partial charge < -0.3 is 20.1 Å². The van der Waals surface area contributed by atoms with Gasteiger partial charge in [0.05, 0.1) is 13.2 Å². The Morgan fingerprint density at radius 3 is 2.46 bits per heavy atom. The second-order valence-corrected chi connectivity index (χ2v) is 7.09. The van der Waals surface area contributed by atoms with E-state index in [0.29, 0.717) is 19.4 Å². The molecule has 0 aromatic heterocycles. The van der Waals surface area contributed by atoms with Gasteiger partial charge in [0.15, 0.2) is 0 Å². The quantitative estimate of drug-likeness (QED) is 0.790. The Kier molecular flexibility index (Phi) is 5.87. The van der Waals surface area contributed by atoms with Crippen LogP contribution in [-0.4, -0.2) is 30.6 Å². The third-order valence-electron chi connectivity index (χ3n) is 5.41. The second-order valence-electron chi connectivity index (χ2n) is 7.09. The lowest BCUT2D eigenvalue weighted by Crippen LogP contribution is -2.49. The van der Waals surface area contributed by atoms with E-state index < -0.39 is 11.5 Å². The zero-order valence-electron chi connectivity index (χ0n) is 16.3. The van der Waals surface area contributed by atoms with Crippen LogP contribution >= 0.6 is 0 Å². The van der Waals surface area contributed by atoms with Crippen molar-refractivity contribution in [3.63, 3.8) is 0 Å². The van der Waals surface area contributed by atoms with Gasteiger partial charge in [-0.1, -0.05) is 42.5 Å². The van der Waals surface area contributed by atoms with Crippen molar-refractivity contribution in [1.82, 2.24) is 4.90 Å². The van der Waals surface area contributed by atoms with Gasteiger partial charge >= 0.3 is 6.09 Å². The normalized spacial score (nSPS) is 20.4. The number of carbonyl (C=O) groups is 2. The lowest BCUT2D eigenvalue weighted by molar-refractivity contribution is -0.121. The molecule has 3 rings (SSSR count). The van der Waals surface area contributed by atoms with Crippen molar-refractivity contribution in [1.29, 1.82) is 0 Å². The first-order valence-corrected chi connectivity index (χ1v) is 9.42. The SMILES string of the molecule is COc1ccc(C(C)N2CCC(CCC(N)=O)(c3ccccc3)OC2=O)cc1. The molecule has 0 spiro atoms. The number of methoxy groups -OCH3 is 1. The molecule has 6 heteroatoms. The number of hydrogen-bond acceptors (Lipinski definition) is 4. The summed E-state index contributed by atoms with van der Waals surface area (Å²) in [7, 11) is 1.62. The molecule has 1 aliphatic rings. The fourth-order valence-electron chi connectivity index (χ4n) is 3.67. The van der Waals surface area contributed by atoms with Crippen molar-refractivity contribution < 1.29 is 19.1 Å². The highest BCUT2D eigenvalue weighted by atomic mass is 16.6. The minimum atomic E-state index is -0.830. The molecule has 2 unspecified atom stereocenters. The van der Waals surface area contributed by atoms with E-state index in [2.05, 4.69) is 0 Å². The lowest BCUT2D eigenvalue weighted by Gasteiger charge is -2.43. The van der Waals surface area contributed by atoms with Crippen molar-refractivity contribution in [2.75, 3.05) is 13.7 Å². The van der Waals surface area contributed by atoms with E-state index in [-0.39, 0.29) is 18.6 Å². The smallest absolute Gasteiger partial charge is 0.411 e. The van der Waals surface area contributed by atoms with Gasteiger partial charge in [-0.05, 0) is 30.2 Å². The number of primary amides is 1. The molecule has 2 amide bonds. The summed E-state index contributed by atoms with van der Waals surface area (Å²) in [5.74, 6) is 0.368. The fourth-order valence-corrected chi connectivity index (χ4v) is 3.67. The molecule has 0 radical (unpaired) electrons. The third kappa shape index (κ3) is 4.11. The number of benzene rings is 2. The standard InChI is InChI=1S/C22H26N2O4/c1-16(17-8-10-19(27-2)11-9-17)24-15-14-22(28-21(24)26,13-12-20(23)25)18-6-4-3-5-7-18/h3-11,16H,12-15H2,1-2H3,(H2,23,25). The molecule has 1 aliphatic heterocycles. The molecule has 1 fully saturated rings. The number of hydrogen-bond donors (Lipinski definition) is 1. The number of ether oxygens (including phenoxy) is 2. The number of nitrogens with two attached hydrogens (primary N) is 1. The van der Waals surface area contributed by atoms with Gasteiger partial charge in [0.25, 0.3) is 0 Å². The van der Waals surface area contributed by atoms with E-state index >= 15 is 0 Å². The monoisotopic (exact) mass is 382 g/mol. The highest BCUT2D eigenvalue weighted by molar-refractivity contribution is 5.74. The highest BCUT2D eigenvalue weighted by Gasteiger charge is 2.43. The topological polar surface area (TPSA) is 81.9 Å². The molecule has 6 nitrogen and oxygen atoms in total. The number of cyclic esters (lactones) is 1. The van der Waals surface area contributed by atoms with Crippen LogP contribution in [0.15, 0.2) is 54.6 Å². The van der Waals surface area contributed by atoms with Gasteiger partial charge in [-0.25, -0.2) is 4.79 Å². The van der Waals surface area contributed by atoms with Gasteiger partial charge in [-0.3, -0.25) is 4.79 Å². The number of rotatable bonds is 7. The average molecular weight is 382 g/mol. The Morgan fingerprint density at radius 2 is 1.89 bits per heavy atom. The van der Waals surface area contributed by atoms with Gasteiger partial charge in [0, 0.05) is 25.8 Å². The fraction of sp³-hybridized carbons (Fsp3) is 0.364.